The lowest BCUT2D eigenvalue weighted by Gasteiger charge is -2.40. The largest absolute Gasteiger partial charge is 0.303 e. The smallest absolute Gasteiger partial charge is 0.243 e. The molecule has 0 N–H and O–H groups in total. The first-order valence-electron chi connectivity index (χ1n) is 12.9. The Bertz CT molecular complexity index is 1480. The molecule has 3 heterocycles. The second-order valence-corrected chi connectivity index (χ2v) is 14.6. The highest BCUT2D eigenvalue weighted by Gasteiger charge is 2.49. The van der Waals surface area contributed by atoms with Crippen molar-refractivity contribution >= 4 is 19.9 Å². The first kappa shape index (κ1) is 24.8. The number of benzene rings is 3. The standard InChI is InChI=1S/C29H32N2O4S2/c32-36(33)22-29(27-13-7-8-14-28(27)36)15-17-30(18-16-29)19-24-20-31(21-26(24)23-9-3-1-4-10-23)37(34,35)25-11-5-2-6-12-25/h1-14,24,26H,15-22H2/t24?,26-/m1/s1. The zero-order chi connectivity index (χ0) is 25.7. The molecule has 3 aliphatic rings. The van der Waals surface area contributed by atoms with Crippen LogP contribution in [0.2, 0.25) is 0 Å². The van der Waals surface area contributed by atoms with Crippen molar-refractivity contribution in [2.24, 2.45) is 5.92 Å². The minimum Gasteiger partial charge on any atom is -0.303 e. The summed E-state index contributed by atoms with van der Waals surface area (Å²) >= 11 is 0. The van der Waals surface area contributed by atoms with E-state index in [9.17, 15) is 16.8 Å². The number of likely N-dealkylation sites (tertiary alicyclic amines) is 1. The van der Waals surface area contributed by atoms with Gasteiger partial charge in [-0.05, 0) is 61.2 Å². The zero-order valence-electron chi connectivity index (χ0n) is 20.7. The van der Waals surface area contributed by atoms with E-state index in [-0.39, 0.29) is 23.0 Å². The van der Waals surface area contributed by atoms with Crippen LogP contribution >= 0.6 is 0 Å². The number of nitrogens with zero attached hydrogens (tertiary/aromatic N) is 2. The van der Waals surface area contributed by atoms with Crippen molar-refractivity contribution in [2.75, 3.05) is 38.5 Å². The van der Waals surface area contributed by atoms with Gasteiger partial charge in [-0.2, -0.15) is 4.31 Å². The highest BCUT2D eigenvalue weighted by Crippen LogP contribution is 2.47. The van der Waals surface area contributed by atoms with Gasteiger partial charge in [0.15, 0.2) is 9.84 Å². The zero-order valence-corrected chi connectivity index (χ0v) is 22.4. The van der Waals surface area contributed by atoms with Gasteiger partial charge >= 0.3 is 0 Å². The molecule has 0 saturated carbocycles. The third kappa shape index (κ3) is 4.44. The minimum absolute atomic E-state index is 0.114. The summed E-state index contributed by atoms with van der Waals surface area (Å²) in [5, 5.41) is 0. The normalized spacial score (nSPS) is 25.3. The van der Waals surface area contributed by atoms with Gasteiger partial charge in [0, 0.05) is 31.0 Å². The molecule has 0 radical (unpaired) electrons. The Morgan fingerprint density at radius 1 is 0.811 bits per heavy atom. The SMILES string of the molecule is O=S1(=O)CC2(CCN(CC3CN(S(=O)(=O)c4ccccc4)C[C@@H]3c3ccccc3)CC2)c2ccccc21. The Hall–Kier alpha value is -2.52. The maximum atomic E-state index is 13.5. The van der Waals surface area contributed by atoms with Gasteiger partial charge in [-0.3, -0.25) is 0 Å². The highest BCUT2D eigenvalue weighted by atomic mass is 32.2. The van der Waals surface area contributed by atoms with Crippen molar-refractivity contribution in [1.29, 1.82) is 0 Å². The van der Waals surface area contributed by atoms with E-state index in [1.54, 1.807) is 34.6 Å². The number of hydrogen-bond acceptors (Lipinski definition) is 5. The molecule has 6 rings (SSSR count). The van der Waals surface area contributed by atoms with Gasteiger partial charge in [0.2, 0.25) is 10.0 Å². The molecule has 0 aromatic heterocycles. The molecule has 2 atom stereocenters. The lowest BCUT2D eigenvalue weighted by Crippen LogP contribution is -2.45. The number of hydrogen-bond donors (Lipinski definition) is 0. The molecule has 3 aromatic carbocycles. The van der Waals surface area contributed by atoms with Gasteiger partial charge in [-0.1, -0.05) is 66.7 Å². The molecule has 0 aliphatic carbocycles. The predicted molar refractivity (Wildman–Crippen MR) is 144 cm³/mol. The summed E-state index contributed by atoms with van der Waals surface area (Å²) in [5.41, 5.74) is 1.85. The molecule has 0 bridgehead atoms. The van der Waals surface area contributed by atoms with E-state index < -0.39 is 19.9 Å². The average molecular weight is 537 g/mol. The fraction of sp³-hybridized carbons (Fsp3) is 0.379. The van der Waals surface area contributed by atoms with Crippen molar-refractivity contribution in [3.8, 4) is 0 Å². The summed E-state index contributed by atoms with van der Waals surface area (Å²) in [6.45, 7) is 3.37. The second-order valence-electron chi connectivity index (χ2n) is 10.7. The Morgan fingerprint density at radius 2 is 1.43 bits per heavy atom. The average Bonchev–Trinajstić information content (AvgIpc) is 3.44. The summed E-state index contributed by atoms with van der Waals surface area (Å²) in [5.74, 6) is 0.476. The quantitative estimate of drug-likeness (QED) is 0.494. The lowest BCUT2D eigenvalue weighted by molar-refractivity contribution is 0.148. The summed E-state index contributed by atoms with van der Waals surface area (Å²) < 4.78 is 54.3. The number of piperidine rings is 1. The third-order valence-corrected chi connectivity index (χ3v) is 12.4. The fourth-order valence-corrected chi connectivity index (χ4v) is 10.4. The molecule has 37 heavy (non-hydrogen) atoms. The van der Waals surface area contributed by atoms with Crippen molar-refractivity contribution < 1.29 is 16.8 Å². The van der Waals surface area contributed by atoms with Crippen molar-refractivity contribution in [2.45, 2.75) is 34.0 Å². The van der Waals surface area contributed by atoms with Gasteiger partial charge in [0.25, 0.3) is 0 Å². The maximum absolute atomic E-state index is 13.5. The van der Waals surface area contributed by atoms with Crippen LogP contribution in [0.4, 0.5) is 0 Å². The number of sulfonamides is 1. The van der Waals surface area contributed by atoms with Crippen LogP contribution in [0, 0.1) is 5.92 Å². The van der Waals surface area contributed by atoms with Crippen LogP contribution in [0.5, 0.6) is 0 Å². The highest BCUT2D eigenvalue weighted by molar-refractivity contribution is 7.91. The van der Waals surface area contributed by atoms with Crippen molar-refractivity contribution in [1.82, 2.24) is 9.21 Å². The molecule has 0 amide bonds. The summed E-state index contributed by atoms with van der Waals surface area (Å²) in [6.07, 6.45) is 1.61. The lowest BCUT2D eigenvalue weighted by atomic mass is 9.74. The Kier molecular flexibility index (Phi) is 6.26. The van der Waals surface area contributed by atoms with Crippen LogP contribution < -0.4 is 0 Å². The molecule has 8 heteroatoms. The number of rotatable bonds is 5. The number of sulfone groups is 1. The molecule has 1 spiro atoms. The van der Waals surface area contributed by atoms with Gasteiger partial charge in [-0.15, -0.1) is 0 Å². The summed E-state index contributed by atoms with van der Waals surface area (Å²) in [7, 11) is -6.81. The van der Waals surface area contributed by atoms with Crippen molar-refractivity contribution in [3.63, 3.8) is 0 Å². The molecule has 3 aliphatic heterocycles. The van der Waals surface area contributed by atoms with Crippen LogP contribution in [0.15, 0.2) is 94.7 Å². The molecule has 2 fully saturated rings. The van der Waals surface area contributed by atoms with E-state index in [1.807, 2.05) is 42.5 Å². The van der Waals surface area contributed by atoms with E-state index in [0.717, 1.165) is 38.0 Å². The van der Waals surface area contributed by atoms with E-state index in [0.29, 0.717) is 22.9 Å². The maximum Gasteiger partial charge on any atom is 0.243 e. The first-order valence-corrected chi connectivity index (χ1v) is 16.0. The van der Waals surface area contributed by atoms with Crippen LogP contribution in [-0.2, 0) is 25.3 Å². The Labute approximate surface area is 219 Å². The molecular weight excluding hydrogens is 504 g/mol. The van der Waals surface area contributed by atoms with E-state index in [4.69, 9.17) is 0 Å². The van der Waals surface area contributed by atoms with Crippen LogP contribution in [-0.4, -0.2) is 64.5 Å². The van der Waals surface area contributed by atoms with E-state index in [1.165, 1.54) is 5.56 Å². The van der Waals surface area contributed by atoms with Gasteiger partial charge in [0.1, 0.15) is 0 Å². The third-order valence-electron chi connectivity index (χ3n) is 8.58. The van der Waals surface area contributed by atoms with Crippen LogP contribution in [0.3, 0.4) is 0 Å². The monoisotopic (exact) mass is 536 g/mol. The summed E-state index contributed by atoms with van der Waals surface area (Å²) in [4.78, 5) is 3.26. The van der Waals surface area contributed by atoms with Crippen molar-refractivity contribution in [3.05, 3.63) is 96.1 Å². The predicted octanol–water partition coefficient (Wildman–Crippen LogP) is 3.91. The minimum atomic E-state index is -3.57. The second kappa shape index (κ2) is 9.34. The molecule has 1 unspecified atom stereocenters. The molecule has 194 valence electrons. The Morgan fingerprint density at radius 3 is 2.14 bits per heavy atom. The first-order chi connectivity index (χ1) is 17.8. The Balaban J connectivity index is 1.21. The topological polar surface area (TPSA) is 74.8 Å². The van der Waals surface area contributed by atoms with Crippen LogP contribution in [0.1, 0.15) is 29.9 Å². The molecule has 6 nitrogen and oxygen atoms in total. The van der Waals surface area contributed by atoms with E-state index in [2.05, 4.69) is 17.0 Å². The molecule has 2 saturated heterocycles. The molecule has 3 aromatic rings. The van der Waals surface area contributed by atoms with Gasteiger partial charge in [-0.25, -0.2) is 16.8 Å². The van der Waals surface area contributed by atoms with Crippen LogP contribution in [0.25, 0.3) is 0 Å². The molecular formula is C29H32N2O4S2. The van der Waals surface area contributed by atoms with Gasteiger partial charge < -0.3 is 4.90 Å². The van der Waals surface area contributed by atoms with Gasteiger partial charge in [0.05, 0.1) is 15.5 Å². The number of fused-ring (bicyclic) bond motifs is 2. The summed E-state index contributed by atoms with van der Waals surface area (Å²) in [6, 6.07) is 26.4. The van der Waals surface area contributed by atoms with E-state index >= 15 is 0 Å². The fourth-order valence-electron chi connectivity index (χ4n) is 6.64.